The number of nitrogens with two attached hydrogens (primary N) is 1. The molecule has 2 rings (SSSR count). The van der Waals surface area contributed by atoms with Crippen LogP contribution in [-0.2, 0) is 17.8 Å². The second kappa shape index (κ2) is 6.50. The molecule has 0 radical (unpaired) electrons. The first kappa shape index (κ1) is 13.8. The highest BCUT2D eigenvalue weighted by Crippen LogP contribution is 2.17. The van der Waals surface area contributed by atoms with Crippen LogP contribution in [0.3, 0.4) is 0 Å². The minimum Gasteiger partial charge on any atom is -0.350 e. The molecule has 1 atom stereocenters. The molecule has 3 N–H and O–H groups in total. The van der Waals surface area contributed by atoms with Gasteiger partial charge in [-0.1, -0.05) is 37.3 Å². The van der Waals surface area contributed by atoms with Gasteiger partial charge in [-0.2, -0.15) is 0 Å². The van der Waals surface area contributed by atoms with Crippen molar-refractivity contribution in [2.75, 3.05) is 0 Å². The Labute approximate surface area is 117 Å². The normalized spacial score (nSPS) is 12.1. The molecule has 0 saturated carbocycles. The number of rotatable bonds is 5. The van der Waals surface area contributed by atoms with Gasteiger partial charge in [0.05, 0.1) is 6.54 Å². The van der Waals surface area contributed by atoms with Gasteiger partial charge >= 0.3 is 0 Å². The highest BCUT2D eigenvalue weighted by molar-refractivity contribution is 7.10. The van der Waals surface area contributed by atoms with Gasteiger partial charge < -0.3 is 11.1 Å². The number of hydrogen-bond acceptors (Lipinski definition) is 3. The molecule has 19 heavy (non-hydrogen) atoms. The number of nitrogens with one attached hydrogen (secondary N) is 1. The van der Waals surface area contributed by atoms with Crippen molar-refractivity contribution in [2.24, 2.45) is 5.73 Å². The molecule has 1 aromatic carbocycles. The van der Waals surface area contributed by atoms with Crippen LogP contribution in [0.1, 0.15) is 29.0 Å². The highest BCUT2D eigenvalue weighted by Gasteiger charge is 2.15. The molecule has 4 heteroatoms. The molecule has 0 aliphatic carbocycles. The molecular weight excluding hydrogens is 256 g/mol. The predicted molar refractivity (Wildman–Crippen MR) is 78.9 cm³/mol. The smallest absolute Gasteiger partial charge is 0.241 e. The van der Waals surface area contributed by atoms with E-state index in [9.17, 15) is 4.79 Å². The summed E-state index contributed by atoms with van der Waals surface area (Å²) in [5.74, 6) is -0.137. The lowest BCUT2D eigenvalue weighted by atomic mass is 10.1. The number of carbonyl (C=O) groups excluding carboxylic acids is 1. The van der Waals surface area contributed by atoms with Crippen LogP contribution in [0.2, 0.25) is 0 Å². The first-order chi connectivity index (χ1) is 9.22. The van der Waals surface area contributed by atoms with Crippen molar-refractivity contribution < 1.29 is 4.79 Å². The van der Waals surface area contributed by atoms with E-state index >= 15 is 0 Å². The van der Waals surface area contributed by atoms with Crippen LogP contribution in [0.5, 0.6) is 0 Å². The maximum atomic E-state index is 12.0. The Morgan fingerprint density at radius 1 is 1.32 bits per heavy atom. The molecule has 0 fully saturated rings. The Morgan fingerprint density at radius 2 is 2.05 bits per heavy atom. The number of hydrogen-bond donors (Lipinski definition) is 2. The molecule has 0 bridgehead atoms. The SMILES string of the molecule is CCc1ccsc1CNC(=O)C(N)c1ccccc1. The summed E-state index contributed by atoms with van der Waals surface area (Å²) in [6.07, 6.45) is 0.986. The van der Waals surface area contributed by atoms with Gasteiger partial charge in [0.2, 0.25) is 5.91 Å². The third-order valence-corrected chi connectivity index (χ3v) is 4.05. The first-order valence-corrected chi connectivity index (χ1v) is 7.23. The fourth-order valence-corrected chi connectivity index (χ4v) is 2.84. The van der Waals surface area contributed by atoms with E-state index in [1.54, 1.807) is 11.3 Å². The third kappa shape index (κ3) is 3.43. The molecule has 3 nitrogen and oxygen atoms in total. The summed E-state index contributed by atoms with van der Waals surface area (Å²) < 4.78 is 0. The van der Waals surface area contributed by atoms with Gasteiger partial charge in [-0.15, -0.1) is 11.3 Å². The number of thiophene rings is 1. The second-order valence-corrected chi connectivity index (χ2v) is 5.33. The molecule has 100 valence electrons. The van der Waals surface area contributed by atoms with Crippen LogP contribution in [0, 0.1) is 0 Å². The zero-order valence-electron chi connectivity index (χ0n) is 10.9. The fourth-order valence-electron chi connectivity index (χ4n) is 1.93. The summed E-state index contributed by atoms with van der Waals surface area (Å²) in [5.41, 5.74) is 8.07. The fraction of sp³-hybridized carbons (Fsp3) is 0.267. The van der Waals surface area contributed by atoms with Crippen molar-refractivity contribution in [1.82, 2.24) is 5.32 Å². The molecule has 0 aliphatic rings. The Balaban J connectivity index is 1.95. The van der Waals surface area contributed by atoms with Crippen molar-refractivity contribution in [1.29, 1.82) is 0 Å². The summed E-state index contributed by atoms with van der Waals surface area (Å²) in [5, 5.41) is 4.96. The van der Waals surface area contributed by atoms with Gasteiger partial charge in [0.15, 0.2) is 0 Å². The average Bonchev–Trinajstić information content (AvgIpc) is 2.92. The van der Waals surface area contributed by atoms with Crippen LogP contribution < -0.4 is 11.1 Å². The molecule has 0 aliphatic heterocycles. The predicted octanol–water partition coefficient (Wildman–Crippen LogP) is 2.63. The van der Waals surface area contributed by atoms with E-state index in [-0.39, 0.29) is 5.91 Å². The summed E-state index contributed by atoms with van der Waals surface area (Å²) in [7, 11) is 0. The summed E-state index contributed by atoms with van der Waals surface area (Å²) in [6.45, 7) is 2.67. The zero-order valence-corrected chi connectivity index (χ0v) is 11.7. The summed E-state index contributed by atoms with van der Waals surface area (Å²) in [6, 6.07) is 10.9. The van der Waals surface area contributed by atoms with Crippen LogP contribution in [-0.4, -0.2) is 5.91 Å². The zero-order chi connectivity index (χ0) is 13.7. The standard InChI is InChI=1S/C15H18N2OS/c1-2-11-8-9-19-13(11)10-17-15(18)14(16)12-6-4-3-5-7-12/h3-9,14H,2,10,16H2,1H3,(H,17,18). The number of benzene rings is 1. The Morgan fingerprint density at radius 3 is 2.74 bits per heavy atom. The Kier molecular flexibility index (Phi) is 4.71. The molecule has 0 saturated heterocycles. The summed E-state index contributed by atoms with van der Waals surface area (Å²) in [4.78, 5) is 13.2. The average molecular weight is 274 g/mol. The largest absolute Gasteiger partial charge is 0.350 e. The van der Waals surface area contributed by atoms with Crippen molar-refractivity contribution >= 4 is 17.2 Å². The van der Waals surface area contributed by atoms with E-state index in [0.717, 1.165) is 12.0 Å². The van der Waals surface area contributed by atoms with Crippen molar-refractivity contribution in [3.63, 3.8) is 0 Å². The van der Waals surface area contributed by atoms with Gasteiger partial charge in [0, 0.05) is 4.88 Å². The van der Waals surface area contributed by atoms with E-state index in [1.165, 1.54) is 10.4 Å². The van der Waals surface area contributed by atoms with Gasteiger partial charge in [0.1, 0.15) is 6.04 Å². The number of aryl methyl sites for hydroxylation is 1. The molecular formula is C15H18N2OS. The van der Waals surface area contributed by atoms with Gasteiger partial charge in [0.25, 0.3) is 0 Å². The molecule has 1 aromatic heterocycles. The topological polar surface area (TPSA) is 55.1 Å². The van der Waals surface area contributed by atoms with E-state index in [1.807, 2.05) is 30.3 Å². The van der Waals surface area contributed by atoms with Crippen LogP contribution >= 0.6 is 11.3 Å². The molecule has 2 aromatic rings. The third-order valence-electron chi connectivity index (χ3n) is 3.08. The minimum atomic E-state index is -0.605. The maximum Gasteiger partial charge on any atom is 0.241 e. The van der Waals surface area contributed by atoms with Gasteiger partial charge in [-0.25, -0.2) is 0 Å². The molecule has 1 unspecified atom stereocenters. The lowest BCUT2D eigenvalue weighted by Crippen LogP contribution is -2.33. The van der Waals surface area contributed by atoms with E-state index in [0.29, 0.717) is 6.54 Å². The van der Waals surface area contributed by atoms with Gasteiger partial charge in [-0.3, -0.25) is 4.79 Å². The second-order valence-electron chi connectivity index (χ2n) is 4.33. The van der Waals surface area contributed by atoms with E-state index < -0.39 is 6.04 Å². The molecule has 1 heterocycles. The van der Waals surface area contributed by atoms with E-state index in [4.69, 9.17) is 5.73 Å². The van der Waals surface area contributed by atoms with Crippen LogP contribution in [0.25, 0.3) is 0 Å². The Bertz CT molecular complexity index is 536. The lowest BCUT2D eigenvalue weighted by molar-refractivity contribution is -0.122. The highest BCUT2D eigenvalue weighted by atomic mass is 32.1. The van der Waals surface area contributed by atoms with Crippen molar-refractivity contribution in [2.45, 2.75) is 25.9 Å². The molecule has 0 spiro atoms. The maximum absolute atomic E-state index is 12.0. The Hall–Kier alpha value is -1.65. The number of amides is 1. The van der Waals surface area contributed by atoms with Gasteiger partial charge in [-0.05, 0) is 29.0 Å². The molecule has 1 amide bonds. The summed E-state index contributed by atoms with van der Waals surface area (Å²) >= 11 is 1.67. The van der Waals surface area contributed by atoms with Crippen LogP contribution in [0.4, 0.5) is 0 Å². The van der Waals surface area contributed by atoms with Crippen molar-refractivity contribution in [3.8, 4) is 0 Å². The van der Waals surface area contributed by atoms with Crippen molar-refractivity contribution in [3.05, 3.63) is 57.8 Å². The minimum absolute atomic E-state index is 0.137. The first-order valence-electron chi connectivity index (χ1n) is 6.36. The monoisotopic (exact) mass is 274 g/mol. The number of carbonyl (C=O) groups is 1. The van der Waals surface area contributed by atoms with E-state index in [2.05, 4.69) is 23.7 Å². The van der Waals surface area contributed by atoms with Crippen LogP contribution in [0.15, 0.2) is 41.8 Å². The lowest BCUT2D eigenvalue weighted by Gasteiger charge is -2.12. The quantitative estimate of drug-likeness (QED) is 0.880.